The van der Waals surface area contributed by atoms with Crippen molar-refractivity contribution >= 4 is 24.8 Å². The Morgan fingerprint density at radius 1 is 0.952 bits per heavy atom. The van der Waals surface area contributed by atoms with Gasteiger partial charge < -0.3 is 4.90 Å². The first kappa shape index (κ1) is 19.9. The normalized spacial score (nSPS) is 11.4. The maximum Gasteiger partial charge on any atom is 0.0447 e. The lowest BCUT2D eigenvalue weighted by Crippen LogP contribution is -2.21. The number of hydrogen-bond acceptors (Lipinski definition) is 2. The molecular formula is C17H24Cl2N2. The molecule has 0 spiro atoms. The second-order valence-electron chi connectivity index (χ2n) is 5.24. The zero-order valence-corrected chi connectivity index (χ0v) is 14.2. The van der Waals surface area contributed by atoms with Crippen LogP contribution in [0.15, 0.2) is 54.7 Å². The van der Waals surface area contributed by atoms with Crippen molar-refractivity contribution in [3.8, 4) is 0 Å². The number of benzene rings is 1. The van der Waals surface area contributed by atoms with Crippen molar-refractivity contribution in [2.24, 2.45) is 0 Å². The molecule has 116 valence electrons. The summed E-state index contributed by atoms with van der Waals surface area (Å²) in [4.78, 5) is 6.76. The fourth-order valence-electron chi connectivity index (χ4n) is 2.38. The Balaban J connectivity index is 0.00000200. The molecule has 0 saturated heterocycles. The number of aromatic nitrogens is 1. The number of pyridine rings is 1. The van der Waals surface area contributed by atoms with Gasteiger partial charge in [-0.3, -0.25) is 4.98 Å². The van der Waals surface area contributed by atoms with Crippen molar-refractivity contribution in [2.45, 2.75) is 18.8 Å². The van der Waals surface area contributed by atoms with Gasteiger partial charge in [-0.1, -0.05) is 36.4 Å². The molecule has 0 amide bonds. The van der Waals surface area contributed by atoms with Crippen LogP contribution in [-0.2, 0) is 6.42 Å². The smallest absolute Gasteiger partial charge is 0.0447 e. The van der Waals surface area contributed by atoms with E-state index in [9.17, 15) is 0 Å². The molecule has 21 heavy (non-hydrogen) atoms. The number of nitrogens with zero attached hydrogens (tertiary/aromatic N) is 2. The highest BCUT2D eigenvalue weighted by Crippen LogP contribution is 2.20. The summed E-state index contributed by atoms with van der Waals surface area (Å²) in [6, 6.07) is 16.9. The monoisotopic (exact) mass is 326 g/mol. The summed E-state index contributed by atoms with van der Waals surface area (Å²) in [5, 5.41) is 0. The van der Waals surface area contributed by atoms with Gasteiger partial charge in [0.25, 0.3) is 0 Å². The molecule has 0 saturated carbocycles. The molecule has 0 N–H and O–H groups in total. The fourth-order valence-corrected chi connectivity index (χ4v) is 2.38. The van der Waals surface area contributed by atoms with E-state index < -0.39 is 0 Å². The zero-order valence-electron chi connectivity index (χ0n) is 12.6. The van der Waals surface area contributed by atoms with E-state index in [2.05, 4.69) is 66.4 Å². The molecule has 0 fully saturated rings. The summed E-state index contributed by atoms with van der Waals surface area (Å²) in [5.41, 5.74) is 2.61. The first-order valence-corrected chi connectivity index (χ1v) is 6.85. The van der Waals surface area contributed by atoms with E-state index in [1.165, 1.54) is 11.3 Å². The largest absolute Gasteiger partial charge is 0.309 e. The second-order valence-corrected chi connectivity index (χ2v) is 5.24. The number of rotatable bonds is 6. The van der Waals surface area contributed by atoms with Crippen LogP contribution in [0.5, 0.6) is 0 Å². The molecule has 0 aliphatic carbocycles. The number of aryl methyl sites for hydroxylation is 1. The van der Waals surface area contributed by atoms with Gasteiger partial charge in [0.2, 0.25) is 0 Å². The van der Waals surface area contributed by atoms with Gasteiger partial charge in [-0.15, -0.1) is 24.8 Å². The van der Waals surface area contributed by atoms with Gasteiger partial charge in [0.15, 0.2) is 0 Å². The fraction of sp³-hybridized carbons (Fsp3) is 0.353. The van der Waals surface area contributed by atoms with Gasteiger partial charge in [0.1, 0.15) is 0 Å². The Kier molecular flexibility index (Phi) is 10.1. The molecule has 1 unspecified atom stereocenters. The quantitative estimate of drug-likeness (QED) is 0.790. The molecule has 1 aromatic carbocycles. The first-order chi connectivity index (χ1) is 9.25. The SMILES string of the molecule is CN(C)CC(CCc1ccccc1)c1ccccn1.Cl.Cl. The molecule has 1 atom stereocenters. The number of halogens is 2. The Hall–Kier alpha value is -1.09. The molecule has 1 heterocycles. The highest BCUT2D eigenvalue weighted by molar-refractivity contribution is 5.85. The Morgan fingerprint density at radius 3 is 2.19 bits per heavy atom. The minimum atomic E-state index is 0. The highest BCUT2D eigenvalue weighted by Gasteiger charge is 2.13. The van der Waals surface area contributed by atoms with Gasteiger partial charge in [-0.05, 0) is 44.6 Å². The molecule has 0 aliphatic heterocycles. The van der Waals surface area contributed by atoms with E-state index in [1.807, 2.05) is 12.3 Å². The second kappa shape index (κ2) is 10.6. The highest BCUT2D eigenvalue weighted by atomic mass is 35.5. The van der Waals surface area contributed by atoms with Gasteiger partial charge in [-0.25, -0.2) is 0 Å². The minimum Gasteiger partial charge on any atom is -0.309 e. The number of likely N-dealkylation sites (N-methyl/N-ethyl adjacent to an activating group) is 1. The van der Waals surface area contributed by atoms with Crippen LogP contribution in [-0.4, -0.2) is 30.5 Å². The summed E-state index contributed by atoms with van der Waals surface area (Å²) in [6.45, 7) is 1.05. The maximum atomic E-state index is 4.52. The van der Waals surface area contributed by atoms with Gasteiger partial charge >= 0.3 is 0 Å². The molecule has 1 aromatic heterocycles. The molecular weight excluding hydrogens is 303 g/mol. The van der Waals surface area contributed by atoms with Crippen molar-refractivity contribution in [3.05, 3.63) is 66.0 Å². The average molecular weight is 327 g/mol. The molecule has 0 bridgehead atoms. The molecule has 2 aromatic rings. The zero-order chi connectivity index (χ0) is 13.5. The van der Waals surface area contributed by atoms with E-state index in [1.54, 1.807) is 0 Å². The lowest BCUT2D eigenvalue weighted by molar-refractivity contribution is 0.360. The van der Waals surface area contributed by atoms with E-state index in [-0.39, 0.29) is 24.8 Å². The lowest BCUT2D eigenvalue weighted by atomic mass is 9.95. The van der Waals surface area contributed by atoms with Gasteiger partial charge in [0, 0.05) is 24.4 Å². The Labute approximate surface area is 140 Å². The minimum absolute atomic E-state index is 0. The Morgan fingerprint density at radius 2 is 1.62 bits per heavy atom. The standard InChI is InChI=1S/C17H22N2.2ClH/c1-19(2)14-16(17-10-6-7-13-18-17)12-11-15-8-4-3-5-9-15;;/h3-10,13,16H,11-12,14H2,1-2H3;2*1H. The maximum absolute atomic E-state index is 4.52. The lowest BCUT2D eigenvalue weighted by Gasteiger charge is -2.20. The summed E-state index contributed by atoms with van der Waals surface area (Å²) < 4.78 is 0. The predicted octanol–water partition coefficient (Wildman–Crippen LogP) is 4.20. The third kappa shape index (κ3) is 6.94. The predicted molar refractivity (Wildman–Crippen MR) is 94.8 cm³/mol. The van der Waals surface area contributed by atoms with Crippen molar-refractivity contribution < 1.29 is 0 Å². The first-order valence-electron chi connectivity index (χ1n) is 6.85. The van der Waals surface area contributed by atoms with Crippen LogP contribution in [0.4, 0.5) is 0 Å². The molecule has 2 rings (SSSR count). The van der Waals surface area contributed by atoms with Crippen LogP contribution in [0.25, 0.3) is 0 Å². The van der Waals surface area contributed by atoms with Crippen LogP contribution in [0.1, 0.15) is 23.6 Å². The van der Waals surface area contributed by atoms with E-state index in [4.69, 9.17) is 0 Å². The number of hydrogen-bond donors (Lipinski definition) is 0. The third-order valence-corrected chi connectivity index (χ3v) is 3.32. The van der Waals surface area contributed by atoms with Crippen molar-refractivity contribution in [3.63, 3.8) is 0 Å². The van der Waals surface area contributed by atoms with Crippen LogP contribution >= 0.6 is 24.8 Å². The van der Waals surface area contributed by atoms with E-state index in [0.29, 0.717) is 5.92 Å². The summed E-state index contributed by atoms with van der Waals surface area (Å²) >= 11 is 0. The van der Waals surface area contributed by atoms with Crippen molar-refractivity contribution in [1.29, 1.82) is 0 Å². The van der Waals surface area contributed by atoms with Crippen LogP contribution < -0.4 is 0 Å². The topological polar surface area (TPSA) is 16.1 Å². The van der Waals surface area contributed by atoms with Gasteiger partial charge in [-0.2, -0.15) is 0 Å². The van der Waals surface area contributed by atoms with Crippen molar-refractivity contribution in [2.75, 3.05) is 20.6 Å². The molecule has 2 nitrogen and oxygen atoms in total. The van der Waals surface area contributed by atoms with E-state index in [0.717, 1.165) is 19.4 Å². The summed E-state index contributed by atoms with van der Waals surface area (Å²) in [7, 11) is 4.25. The van der Waals surface area contributed by atoms with E-state index >= 15 is 0 Å². The molecule has 4 heteroatoms. The average Bonchev–Trinajstić information content (AvgIpc) is 2.45. The molecule has 0 aliphatic rings. The third-order valence-electron chi connectivity index (χ3n) is 3.32. The van der Waals surface area contributed by atoms with Crippen LogP contribution in [0.2, 0.25) is 0 Å². The summed E-state index contributed by atoms with van der Waals surface area (Å²) in [5.74, 6) is 0.497. The van der Waals surface area contributed by atoms with Crippen LogP contribution in [0, 0.1) is 0 Å². The molecule has 0 radical (unpaired) electrons. The van der Waals surface area contributed by atoms with Gasteiger partial charge in [0.05, 0.1) is 0 Å². The summed E-state index contributed by atoms with van der Waals surface area (Å²) in [6.07, 6.45) is 4.13. The van der Waals surface area contributed by atoms with Crippen LogP contribution in [0.3, 0.4) is 0 Å². The Bertz CT molecular complexity index is 475. The van der Waals surface area contributed by atoms with Crippen molar-refractivity contribution in [1.82, 2.24) is 9.88 Å².